The maximum Gasteiger partial charge on any atom is 0.410 e. The Bertz CT molecular complexity index is 1490. The first-order chi connectivity index (χ1) is 18.3. The fourth-order valence-electron chi connectivity index (χ4n) is 4.32. The van der Waals surface area contributed by atoms with Crippen molar-refractivity contribution in [2.24, 2.45) is 5.92 Å². The second kappa shape index (κ2) is 10.4. The van der Waals surface area contributed by atoms with Crippen LogP contribution < -0.4 is 10.1 Å². The number of nitrogens with one attached hydrogen (secondary N) is 2. The number of aromatic nitrogens is 4. The van der Waals surface area contributed by atoms with E-state index in [1.807, 2.05) is 51.1 Å². The number of anilines is 2. The number of benzene rings is 2. The lowest BCUT2D eigenvalue weighted by Gasteiger charge is -2.24. The molecule has 2 N–H and O–H groups in total. The summed E-state index contributed by atoms with van der Waals surface area (Å²) in [5, 5.41) is 21.6. The number of rotatable bonds is 6. The van der Waals surface area contributed by atoms with Crippen LogP contribution in [0.3, 0.4) is 0 Å². The third-order valence-electron chi connectivity index (χ3n) is 6.15. The summed E-state index contributed by atoms with van der Waals surface area (Å²) in [6, 6.07) is 16.0. The summed E-state index contributed by atoms with van der Waals surface area (Å²) in [6.45, 7) is 7.35. The van der Waals surface area contributed by atoms with E-state index in [0.717, 1.165) is 34.2 Å². The van der Waals surface area contributed by atoms with E-state index in [0.29, 0.717) is 31.3 Å². The van der Waals surface area contributed by atoms with Gasteiger partial charge in [-0.3, -0.25) is 5.10 Å². The van der Waals surface area contributed by atoms with Gasteiger partial charge < -0.3 is 19.7 Å². The number of likely N-dealkylation sites (tertiary alicyclic amines) is 1. The van der Waals surface area contributed by atoms with E-state index in [1.165, 1.54) is 12.4 Å². The van der Waals surface area contributed by atoms with Crippen LogP contribution in [0, 0.1) is 17.2 Å². The molecule has 0 saturated carbocycles. The molecule has 0 radical (unpaired) electrons. The van der Waals surface area contributed by atoms with E-state index in [4.69, 9.17) is 14.7 Å². The predicted molar refractivity (Wildman–Crippen MR) is 143 cm³/mol. The van der Waals surface area contributed by atoms with Gasteiger partial charge in [0.2, 0.25) is 0 Å². The van der Waals surface area contributed by atoms with Crippen LogP contribution in [-0.4, -0.2) is 56.5 Å². The van der Waals surface area contributed by atoms with Crippen LogP contribution in [-0.2, 0) is 4.74 Å². The predicted octanol–water partition coefficient (Wildman–Crippen LogP) is 5.27. The van der Waals surface area contributed by atoms with Crippen molar-refractivity contribution in [3.63, 3.8) is 0 Å². The van der Waals surface area contributed by atoms with Crippen LogP contribution in [0.1, 0.15) is 32.9 Å². The van der Waals surface area contributed by atoms with Gasteiger partial charge in [-0.05, 0) is 50.1 Å². The quantitative estimate of drug-likeness (QED) is 0.358. The normalized spacial score (nSPS) is 15.3. The number of nitrogens with zero attached hydrogens (tertiary/aromatic N) is 5. The van der Waals surface area contributed by atoms with Gasteiger partial charge in [-0.15, -0.1) is 0 Å². The summed E-state index contributed by atoms with van der Waals surface area (Å²) in [4.78, 5) is 22.4. The van der Waals surface area contributed by atoms with Crippen molar-refractivity contribution < 1.29 is 14.3 Å². The zero-order valence-electron chi connectivity index (χ0n) is 21.6. The molecule has 1 aliphatic rings. The number of aromatic amines is 1. The molecule has 10 nitrogen and oxygen atoms in total. The molecule has 2 aromatic heterocycles. The van der Waals surface area contributed by atoms with Gasteiger partial charge in [-0.1, -0.05) is 24.3 Å². The lowest BCUT2D eigenvalue weighted by Crippen LogP contribution is -2.35. The average Bonchev–Trinajstić information content (AvgIpc) is 3.56. The largest absolute Gasteiger partial charge is 0.493 e. The Morgan fingerprint density at radius 1 is 1.16 bits per heavy atom. The van der Waals surface area contributed by atoms with Gasteiger partial charge in [0.1, 0.15) is 23.2 Å². The first-order valence-corrected chi connectivity index (χ1v) is 12.5. The molecule has 1 atom stereocenters. The molecule has 3 heterocycles. The molecule has 5 rings (SSSR count). The summed E-state index contributed by atoms with van der Waals surface area (Å²) in [6.07, 6.45) is 3.46. The molecular weight excluding hydrogens is 482 g/mol. The summed E-state index contributed by atoms with van der Waals surface area (Å²) in [5.74, 6) is 1.97. The van der Waals surface area contributed by atoms with Gasteiger partial charge in [-0.25, -0.2) is 14.8 Å². The standard InChI is InChI=1S/C28H29N7O3/c1-28(2,3)38-27(36)35-9-8-18(16-35)17-37-24-11-20-7-5-4-6-19(20)10-22(24)23-12-25(34-33-23)32-26-15-30-21(13-29)14-31-26/h4-7,10-12,14-15,18H,8-9,16-17H2,1-3H3,(H2,31,32,33,34). The Balaban J connectivity index is 1.33. The van der Waals surface area contributed by atoms with Crippen LogP contribution in [0.5, 0.6) is 5.75 Å². The summed E-state index contributed by atoms with van der Waals surface area (Å²) >= 11 is 0. The van der Waals surface area contributed by atoms with E-state index in [9.17, 15) is 4.79 Å². The number of fused-ring (bicyclic) bond motifs is 1. The lowest BCUT2D eigenvalue weighted by atomic mass is 10.0. The van der Waals surface area contributed by atoms with Gasteiger partial charge >= 0.3 is 6.09 Å². The van der Waals surface area contributed by atoms with E-state index >= 15 is 0 Å². The second-order valence-corrected chi connectivity index (χ2v) is 10.3. The van der Waals surface area contributed by atoms with Crippen molar-refractivity contribution in [1.82, 2.24) is 25.1 Å². The molecule has 4 aromatic rings. The topological polar surface area (TPSA) is 129 Å². The average molecular weight is 512 g/mol. The summed E-state index contributed by atoms with van der Waals surface area (Å²) in [5.41, 5.74) is 1.37. The highest BCUT2D eigenvalue weighted by Crippen LogP contribution is 2.35. The molecule has 1 amide bonds. The summed E-state index contributed by atoms with van der Waals surface area (Å²) < 4.78 is 11.9. The van der Waals surface area contributed by atoms with Gasteiger partial charge in [0.15, 0.2) is 11.5 Å². The molecule has 1 aliphatic heterocycles. The SMILES string of the molecule is CC(C)(C)OC(=O)N1CCC(COc2cc3ccccc3cc2-c2cc(Nc3cnc(C#N)cn3)n[nH]2)C1. The highest BCUT2D eigenvalue weighted by atomic mass is 16.6. The van der Waals surface area contributed by atoms with Crippen LogP contribution in [0.25, 0.3) is 22.0 Å². The molecule has 0 aliphatic carbocycles. The third-order valence-corrected chi connectivity index (χ3v) is 6.15. The van der Waals surface area contributed by atoms with E-state index in [1.54, 1.807) is 4.90 Å². The van der Waals surface area contributed by atoms with Crippen LogP contribution in [0.4, 0.5) is 16.4 Å². The van der Waals surface area contributed by atoms with E-state index < -0.39 is 5.60 Å². The monoisotopic (exact) mass is 511 g/mol. The minimum absolute atomic E-state index is 0.204. The number of carbonyl (C=O) groups is 1. The molecule has 1 unspecified atom stereocenters. The van der Waals surface area contributed by atoms with Gasteiger partial charge in [0, 0.05) is 30.6 Å². The number of hydrogen-bond acceptors (Lipinski definition) is 8. The first kappa shape index (κ1) is 25.0. The van der Waals surface area contributed by atoms with Gasteiger partial charge in [-0.2, -0.15) is 10.4 Å². The molecule has 0 bridgehead atoms. The Morgan fingerprint density at radius 2 is 1.95 bits per heavy atom. The van der Waals surface area contributed by atoms with E-state index in [-0.39, 0.29) is 17.7 Å². The molecule has 0 spiro atoms. The number of amides is 1. The van der Waals surface area contributed by atoms with Crippen molar-refractivity contribution >= 4 is 28.5 Å². The highest BCUT2D eigenvalue weighted by molar-refractivity contribution is 5.90. The van der Waals surface area contributed by atoms with Gasteiger partial charge in [0.05, 0.1) is 24.7 Å². The zero-order chi connectivity index (χ0) is 26.7. The number of hydrogen-bond donors (Lipinski definition) is 2. The molecular formula is C28H29N7O3. The van der Waals surface area contributed by atoms with Crippen molar-refractivity contribution in [1.29, 1.82) is 5.26 Å². The van der Waals surface area contributed by atoms with Crippen molar-refractivity contribution in [3.05, 3.63) is 60.6 Å². The number of ether oxygens (including phenoxy) is 2. The number of carbonyl (C=O) groups excluding carboxylic acids is 1. The Hall–Kier alpha value is -4.65. The maximum atomic E-state index is 12.5. The lowest BCUT2D eigenvalue weighted by molar-refractivity contribution is 0.0285. The molecule has 10 heteroatoms. The summed E-state index contributed by atoms with van der Waals surface area (Å²) in [7, 11) is 0. The fraction of sp³-hybridized carbons (Fsp3) is 0.321. The molecule has 1 fully saturated rings. The minimum Gasteiger partial charge on any atom is -0.493 e. The second-order valence-electron chi connectivity index (χ2n) is 10.3. The molecule has 38 heavy (non-hydrogen) atoms. The van der Waals surface area contributed by atoms with Crippen molar-refractivity contribution in [3.8, 4) is 23.1 Å². The first-order valence-electron chi connectivity index (χ1n) is 12.5. The van der Waals surface area contributed by atoms with Crippen molar-refractivity contribution in [2.75, 3.05) is 25.0 Å². The Kier molecular flexibility index (Phi) is 6.83. The van der Waals surface area contributed by atoms with Crippen LogP contribution in [0.2, 0.25) is 0 Å². The number of H-pyrrole nitrogens is 1. The molecule has 2 aromatic carbocycles. The van der Waals surface area contributed by atoms with Crippen molar-refractivity contribution in [2.45, 2.75) is 32.8 Å². The zero-order valence-corrected chi connectivity index (χ0v) is 21.6. The molecule has 1 saturated heterocycles. The smallest absolute Gasteiger partial charge is 0.410 e. The third kappa shape index (κ3) is 5.83. The Morgan fingerprint density at radius 3 is 2.66 bits per heavy atom. The van der Waals surface area contributed by atoms with Gasteiger partial charge in [0.25, 0.3) is 0 Å². The van der Waals surface area contributed by atoms with Crippen LogP contribution >= 0.6 is 0 Å². The maximum absolute atomic E-state index is 12.5. The van der Waals surface area contributed by atoms with Crippen LogP contribution in [0.15, 0.2) is 54.9 Å². The fourth-order valence-corrected chi connectivity index (χ4v) is 4.32. The highest BCUT2D eigenvalue weighted by Gasteiger charge is 2.30. The molecule has 194 valence electrons. The number of nitriles is 1. The van der Waals surface area contributed by atoms with E-state index in [2.05, 4.69) is 43.7 Å². The minimum atomic E-state index is -0.518. The Labute approximate surface area is 220 Å².